The van der Waals surface area contributed by atoms with Gasteiger partial charge in [-0.3, -0.25) is 4.79 Å². The largest absolute Gasteiger partial charge is 0.493 e. The summed E-state index contributed by atoms with van der Waals surface area (Å²) >= 11 is 0. The second-order valence-electron chi connectivity index (χ2n) is 8.00. The molecular formula is C24H33NO3. The van der Waals surface area contributed by atoms with E-state index in [-0.39, 0.29) is 5.91 Å². The van der Waals surface area contributed by atoms with Gasteiger partial charge in [0.25, 0.3) is 5.91 Å². The number of rotatable bonds is 8. The highest BCUT2D eigenvalue weighted by atomic mass is 16.5. The minimum Gasteiger partial charge on any atom is -0.493 e. The molecule has 1 fully saturated rings. The minimum atomic E-state index is -0.716. The van der Waals surface area contributed by atoms with E-state index in [0.717, 1.165) is 60.7 Å². The molecule has 1 N–H and O–H groups in total. The number of fused-ring (bicyclic) bond motifs is 1. The Morgan fingerprint density at radius 1 is 1.11 bits per heavy atom. The Labute approximate surface area is 168 Å². The summed E-state index contributed by atoms with van der Waals surface area (Å²) in [6.45, 7) is 7.69. The Morgan fingerprint density at radius 2 is 1.86 bits per heavy atom. The van der Waals surface area contributed by atoms with Crippen LogP contribution in [0.2, 0.25) is 0 Å². The number of anilines is 1. The number of carbonyl (C=O) groups is 1. The van der Waals surface area contributed by atoms with Crippen molar-refractivity contribution >= 4 is 22.4 Å². The van der Waals surface area contributed by atoms with Gasteiger partial charge in [0.2, 0.25) is 0 Å². The first-order valence-electron chi connectivity index (χ1n) is 10.7. The van der Waals surface area contributed by atoms with Crippen LogP contribution in [0, 0.1) is 5.92 Å². The van der Waals surface area contributed by atoms with Crippen LogP contribution in [-0.4, -0.2) is 24.7 Å². The molecule has 0 spiro atoms. The topological polar surface area (TPSA) is 47.6 Å². The van der Waals surface area contributed by atoms with Crippen LogP contribution in [0.4, 0.5) is 5.69 Å². The van der Waals surface area contributed by atoms with Gasteiger partial charge in [0.1, 0.15) is 11.4 Å². The van der Waals surface area contributed by atoms with Crippen molar-refractivity contribution in [3.05, 3.63) is 36.4 Å². The predicted molar refractivity (Wildman–Crippen MR) is 115 cm³/mol. The maximum Gasteiger partial charge on any atom is 0.256 e. The van der Waals surface area contributed by atoms with Crippen molar-refractivity contribution in [2.45, 2.75) is 64.9 Å². The number of ether oxygens (including phenoxy) is 2. The van der Waals surface area contributed by atoms with Gasteiger partial charge in [-0.05, 0) is 50.2 Å². The summed E-state index contributed by atoms with van der Waals surface area (Å²) in [4.78, 5) is 13.4. The number of benzene rings is 2. The lowest BCUT2D eigenvalue weighted by Gasteiger charge is -2.38. The molecule has 0 radical (unpaired) electrons. The first-order valence-corrected chi connectivity index (χ1v) is 10.7. The van der Waals surface area contributed by atoms with Crippen molar-refractivity contribution in [2.75, 3.05) is 18.5 Å². The zero-order valence-corrected chi connectivity index (χ0v) is 17.4. The van der Waals surface area contributed by atoms with Crippen LogP contribution in [0.25, 0.3) is 10.8 Å². The van der Waals surface area contributed by atoms with E-state index in [1.165, 1.54) is 0 Å². The molecule has 28 heavy (non-hydrogen) atoms. The van der Waals surface area contributed by atoms with E-state index in [1.54, 1.807) is 0 Å². The highest BCUT2D eigenvalue weighted by Crippen LogP contribution is 2.38. The minimum absolute atomic E-state index is 0.0140. The Balaban J connectivity index is 1.89. The zero-order valence-electron chi connectivity index (χ0n) is 17.4. The molecule has 2 aromatic carbocycles. The van der Waals surface area contributed by atoms with E-state index < -0.39 is 5.60 Å². The van der Waals surface area contributed by atoms with Gasteiger partial charge in [-0.15, -0.1) is 0 Å². The lowest BCUT2D eigenvalue weighted by molar-refractivity contribution is -0.148. The Morgan fingerprint density at radius 3 is 2.57 bits per heavy atom. The average Bonchev–Trinajstić information content (AvgIpc) is 2.71. The fourth-order valence-corrected chi connectivity index (χ4v) is 4.16. The third-order valence-corrected chi connectivity index (χ3v) is 5.55. The second kappa shape index (κ2) is 9.42. The highest BCUT2D eigenvalue weighted by Gasteiger charge is 2.42. The maximum absolute atomic E-state index is 13.4. The third kappa shape index (κ3) is 4.49. The molecule has 2 aromatic rings. The second-order valence-corrected chi connectivity index (χ2v) is 8.00. The van der Waals surface area contributed by atoms with Crippen molar-refractivity contribution in [2.24, 2.45) is 5.92 Å². The molecule has 2 unspecified atom stereocenters. The van der Waals surface area contributed by atoms with Crippen LogP contribution in [0.15, 0.2) is 36.4 Å². The van der Waals surface area contributed by atoms with E-state index in [1.807, 2.05) is 36.4 Å². The van der Waals surface area contributed by atoms with Gasteiger partial charge in [-0.1, -0.05) is 51.5 Å². The normalized spacial score (nSPS) is 22.2. The van der Waals surface area contributed by atoms with Crippen LogP contribution in [0.5, 0.6) is 5.75 Å². The summed E-state index contributed by atoms with van der Waals surface area (Å²) in [5.41, 5.74) is 0.105. The Bertz CT molecular complexity index is 804. The third-order valence-electron chi connectivity index (χ3n) is 5.55. The van der Waals surface area contributed by atoms with Crippen molar-refractivity contribution in [1.82, 2.24) is 0 Å². The van der Waals surface area contributed by atoms with E-state index in [0.29, 0.717) is 19.1 Å². The molecule has 4 heteroatoms. The van der Waals surface area contributed by atoms with Gasteiger partial charge in [0.15, 0.2) is 0 Å². The van der Waals surface area contributed by atoms with Crippen molar-refractivity contribution in [1.29, 1.82) is 0 Å². The summed E-state index contributed by atoms with van der Waals surface area (Å²) in [5, 5.41) is 5.21. The molecule has 0 aromatic heterocycles. The summed E-state index contributed by atoms with van der Waals surface area (Å²) in [6.07, 6.45) is 5.64. The smallest absolute Gasteiger partial charge is 0.256 e. The van der Waals surface area contributed by atoms with Crippen LogP contribution in [0.3, 0.4) is 0 Å². The summed E-state index contributed by atoms with van der Waals surface area (Å²) < 4.78 is 12.1. The van der Waals surface area contributed by atoms with E-state index in [2.05, 4.69) is 26.1 Å². The van der Waals surface area contributed by atoms with E-state index in [9.17, 15) is 4.79 Å². The zero-order chi connectivity index (χ0) is 20.0. The monoisotopic (exact) mass is 383 g/mol. The van der Waals surface area contributed by atoms with Crippen LogP contribution in [0.1, 0.15) is 59.3 Å². The van der Waals surface area contributed by atoms with Gasteiger partial charge in [0, 0.05) is 23.1 Å². The molecule has 1 saturated carbocycles. The van der Waals surface area contributed by atoms with Gasteiger partial charge < -0.3 is 14.8 Å². The van der Waals surface area contributed by atoms with Crippen LogP contribution in [-0.2, 0) is 9.53 Å². The quantitative estimate of drug-likeness (QED) is 0.613. The van der Waals surface area contributed by atoms with Crippen LogP contribution < -0.4 is 10.1 Å². The number of amides is 1. The fraction of sp³-hybridized carbons (Fsp3) is 0.542. The number of hydrogen-bond donors (Lipinski definition) is 1. The van der Waals surface area contributed by atoms with Gasteiger partial charge >= 0.3 is 0 Å². The van der Waals surface area contributed by atoms with E-state index in [4.69, 9.17) is 9.47 Å². The first kappa shape index (κ1) is 20.7. The molecule has 2 atom stereocenters. The number of nitrogens with one attached hydrogen (secondary N) is 1. The highest BCUT2D eigenvalue weighted by molar-refractivity contribution is 6.06. The SMILES string of the molecule is CCCOc1ccc(NC(=O)C2(OCCC)CCCC(C)C2)c2ccccc12. The molecular weight excluding hydrogens is 350 g/mol. The molecule has 3 rings (SSSR count). The number of hydrogen-bond acceptors (Lipinski definition) is 3. The lowest BCUT2D eigenvalue weighted by Crippen LogP contribution is -2.48. The first-order chi connectivity index (χ1) is 13.6. The summed E-state index contributed by atoms with van der Waals surface area (Å²) in [5.74, 6) is 1.34. The molecule has 1 amide bonds. The standard InChI is InChI=1S/C24H33NO3/c1-4-15-27-22-13-12-21(19-10-6-7-11-20(19)22)25-23(26)24(28-16-5-2)14-8-9-18(3)17-24/h6-7,10-13,18H,4-5,8-9,14-17H2,1-3H3,(H,25,26). The van der Waals surface area contributed by atoms with E-state index >= 15 is 0 Å². The van der Waals surface area contributed by atoms with Crippen LogP contribution >= 0.6 is 0 Å². The Hall–Kier alpha value is -2.07. The Kier molecular flexibility index (Phi) is 6.95. The molecule has 1 aliphatic carbocycles. The average molecular weight is 384 g/mol. The van der Waals surface area contributed by atoms with Gasteiger partial charge in [-0.2, -0.15) is 0 Å². The molecule has 0 saturated heterocycles. The van der Waals surface area contributed by atoms with Gasteiger partial charge in [-0.25, -0.2) is 0 Å². The lowest BCUT2D eigenvalue weighted by atomic mass is 9.78. The van der Waals surface area contributed by atoms with Crippen molar-refractivity contribution < 1.29 is 14.3 Å². The molecule has 0 aliphatic heterocycles. The summed E-state index contributed by atoms with van der Waals surface area (Å²) in [6, 6.07) is 12.0. The molecule has 152 valence electrons. The predicted octanol–water partition coefficient (Wildman–Crippen LogP) is 5.94. The number of carbonyl (C=O) groups excluding carboxylic acids is 1. The molecule has 0 heterocycles. The maximum atomic E-state index is 13.4. The fourth-order valence-electron chi connectivity index (χ4n) is 4.16. The van der Waals surface area contributed by atoms with Crippen molar-refractivity contribution in [3.8, 4) is 5.75 Å². The van der Waals surface area contributed by atoms with Gasteiger partial charge in [0.05, 0.1) is 6.61 Å². The summed E-state index contributed by atoms with van der Waals surface area (Å²) in [7, 11) is 0. The van der Waals surface area contributed by atoms with Crippen molar-refractivity contribution in [3.63, 3.8) is 0 Å². The molecule has 0 bridgehead atoms. The molecule has 1 aliphatic rings. The molecule has 4 nitrogen and oxygen atoms in total.